The van der Waals surface area contributed by atoms with Crippen molar-refractivity contribution in [3.63, 3.8) is 0 Å². The number of nitrogens with zero attached hydrogens (tertiary/aromatic N) is 1. The molecule has 0 aliphatic heterocycles. The Balaban J connectivity index is 2.96. The summed E-state index contributed by atoms with van der Waals surface area (Å²) in [5.74, 6) is -0.584. The molecule has 0 aliphatic rings. The molecule has 0 bridgehead atoms. The number of carbonyl (C=O) groups excluding carboxylic acids is 2. The highest BCUT2D eigenvalue weighted by Crippen LogP contribution is 2.17. The van der Waals surface area contributed by atoms with Crippen LogP contribution in [0.2, 0.25) is 0 Å². The van der Waals surface area contributed by atoms with Gasteiger partial charge in [-0.05, 0) is 31.5 Å². The van der Waals surface area contributed by atoms with E-state index in [1.165, 1.54) is 12.0 Å². The van der Waals surface area contributed by atoms with Gasteiger partial charge in [-0.2, -0.15) is 0 Å². The number of esters is 1. The van der Waals surface area contributed by atoms with Gasteiger partial charge in [0.2, 0.25) is 0 Å². The predicted molar refractivity (Wildman–Crippen MR) is 72.5 cm³/mol. The lowest BCUT2D eigenvalue weighted by molar-refractivity contribution is -0.141. The summed E-state index contributed by atoms with van der Waals surface area (Å²) in [5, 5.41) is 0. The SMILES string of the molecule is CCN(CC(=O)OC)C(=O)c1cc(Br)ccc1C. The molecule has 0 fully saturated rings. The van der Waals surface area contributed by atoms with Crippen molar-refractivity contribution in [3.05, 3.63) is 33.8 Å². The zero-order chi connectivity index (χ0) is 13.7. The minimum atomic E-state index is -0.419. The van der Waals surface area contributed by atoms with Crippen molar-refractivity contribution < 1.29 is 14.3 Å². The van der Waals surface area contributed by atoms with Crippen molar-refractivity contribution in [2.75, 3.05) is 20.2 Å². The number of carbonyl (C=O) groups is 2. The average Bonchev–Trinajstić information content (AvgIpc) is 2.37. The first-order valence-corrected chi connectivity index (χ1v) is 6.41. The minimum absolute atomic E-state index is 0.0300. The van der Waals surface area contributed by atoms with E-state index in [1.807, 2.05) is 26.0 Å². The summed E-state index contributed by atoms with van der Waals surface area (Å²) >= 11 is 3.34. The van der Waals surface area contributed by atoms with Crippen LogP contribution in [0.5, 0.6) is 0 Å². The van der Waals surface area contributed by atoms with Crippen molar-refractivity contribution in [2.24, 2.45) is 0 Å². The molecule has 98 valence electrons. The number of hydrogen-bond donors (Lipinski definition) is 0. The number of ether oxygens (including phenoxy) is 1. The normalized spacial score (nSPS) is 10.0. The molecule has 1 aromatic rings. The Morgan fingerprint density at radius 1 is 1.39 bits per heavy atom. The molecule has 0 saturated carbocycles. The molecule has 0 N–H and O–H groups in total. The van der Waals surface area contributed by atoms with Gasteiger partial charge < -0.3 is 9.64 Å². The molecule has 0 atom stereocenters. The smallest absolute Gasteiger partial charge is 0.325 e. The van der Waals surface area contributed by atoms with Gasteiger partial charge in [-0.1, -0.05) is 22.0 Å². The number of benzene rings is 1. The van der Waals surface area contributed by atoms with Gasteiger partial charge in [-0.15, -0.1) is 0 Å². The van der Waals surface area contributed by atoms with Crippen LogP contribution in [0, 0.1) is 6.92 Å². The van der Waals surface area contributed by atoms with Gasteiger partial charge in [0.15, 0.2) is 0 Å². The molecule has 0 spiro atoms. The number of amides is 1. The Labute approximate surface area is 115 Å². The summed E-state index contributed by atoms with van der Waals surface area (Å²) in [6.07, 6.45) is 0. The maximum Gasteiger partial charge on any atom is 0.325 e. The molecule has 0 saturated heterocycles. The van der Waals surface area contributed by atoms with Crippen LogP contribution >= 0.6 is 15.9 Å². The molecule has 0 unspecified atom stereocenters. The van der Waals surface area contributed by atoms with E-state index in [9.17, 15) is 9.59 Å². The van der Waals surface area contributed by atoms with Crippen molar-refractivity contribution >= 4 is 27.8 Å². The fraction of sp³-hybridized carbons (Fsp3) is 0.385. The summed E-state index contributed by atoms with van der Waals surface area (Å²) in [4.78, 5) is 25.0. The van der Waals surface area contributed by atoms with Crippen molar-refractivity contribution in [1.82, 2.24) is 4.90 Å². The number of halogens is 1. The standard InChI is InChI=1S/C13H16BrNO3/c1-4-15(8-12(16)18-3)13(17)11-7-10(14)6-5-9(11)2/h5-7H,4,8H2,1-3H3. The summed E-state index contributed by atoms with van der Waals surface area (Å²) in [7, 11) is 1.31. The van der Waals surface area contributed by atoms with E-state index in [1.54, 1.807) is 6.07 Å². The highest BCUT2D eigenvalue weighted by Gasteiger charge is 2.19. The van der Waals surface area contributed by atoms with Crippen LogP contribution in [0.3, 0.4) is 0 Å². The summed E-state index contributed by atoms with van der Waals surface area (Å²) in [5.41, 5.74) is 1.47. The molecule has 1 rings (SSSR count). The minimum Gasteiger partial charge on any atom is -0.468 e. The molecular weight excluding hydrogens is 298 g/mol. The molecule has 0 radical (unpaired) electrons. The number of likely N-dealkylation sites (N-methyl/N-ethyl adjacent to an activating group) is 1. The average molecular weight is 314 g/mol. The zero-order valence-corrected chi connectivity index (χ0v) is 12.3. The number of methoxy groups -OCH3 is 1. The zero-order valence-electron chi connectivity index (χ0n) is 10.7. The molecule has 1 amide bonds. The Morgan fingerprint density at radius 2 is 2.06 bits per heavy atom. The third kappa shape index (κ3) is 3.57. The summed E-state index contributed by atoms with van der Waals surface area (Å²) < 4.78 is 5.42. The van der Waals surface area contributed by atoms with Gasteiger partial charge in [0.05, 0.1) is 7.11 Å². The van der Waals surface area contributed by atoms with E-state index in [0.29, 0.717) is 12.1 Å². The van der Waals surface area contributed by atoms with E-state index >= 15 is 0 Å². The van der Waals surface area contributed by atoms with Gasteiger partial charge in [-0.25, -0.2) is 0 Å². The van der Waals surface area contributed by atoms with Crippen molar-refractivity contribution in [3.8, 4) is 0 Å². The highest BCUT2D eigenvalue weighted by atomic mass is 79.9. The summed E-state index contributed by atoms with van der Waals surface area (Å²) in [6.45, 7) is 4.12. The highest BCUT2D eigenvalue weighted by molar-refractivity contribution is 9.10. The van der Waals surface area contributed by atoms with Gasteiger partial charge in [0.25, 0.3) is 5.91 Å². The van der Waals surface area contributed by atoms with E-state index < -0.39 is 5.97 Å². The first-order chi connectivity index (χ1) is 8.49. The van der Waals surface area contributed by atoms with Crippen LogP contribution in [0.1, 0.15) is 22.8 Å². The van der Waals surface area contributed by atoms with Crippen LogP contribution in [0.4, 0.5) is 0 Å². The number of hydrogen-bond acceptors (Lipinski definition) is 3. The van der Waals surface area contributed by atoms with Crippen molar-refractivity contribution in [2.45, 2.75) is 13.8 Å². The first-order valence-electron chi connectivity index (χ1n) is 5.61. The predicted octanol–water partition coefficient (Wildman–Crippen LogP) is 2.39. The van der Waals surface area contributed by atoms with E-state index in [4.69, 9.17) is 0 Å². The van der Waals surface area contributed by atoms with Gasteiger partial charge >= 0.3 is 5.97 Å². The summed E-state index contributed by atoms with van der Waals surface area (Å²) in [6, 6.07) is 5.50. The number of aryl methyl sites for hydroxylation is 1. The molecule has 18 heavy (non-hydrogen) atoms. The number of rotatable bonds is 4. The molecular formula is C13H16BrNO3. The van der Waals surface area contributed by atoms with E-state index in [-0.39, 0.29) is 12.5 Å². The van der Waals surface area contributed by atoms with Crippen LogP contribution in [0.15, 0.2) is 22.7 Å². The van der Waals surface area contributed by atoms with E-state index in [0.717, 1.165) is 10.0 Å². The van der Waals surface area contributed by atoms with Crippen LogP contribution in [0.25, 0.3) is 0 Å². The largest absolute Gasteiger partial charge is 0.468 e. The maximum atomic E-state index is 12.3. The second kappa shape index (κ2) is 6.54. The van der Waals surface area contributed by atoms with Crippen LogP contribution in [-0.4, -0.2) is 37.0 Å². The van der Waals surface area contributed by atoms with Gasteiger partial charge in [0, 0.05) is 16.6 Å². The fourth-order valence-electron chi connectivity index (χ4n) is 1.54. The Hall–Kier alpha value is -1.36. The first kappa shape index (κ1) is 14.7. The molecule has 4 nitrogen and oxygen atoms in total. The third-order valence-corrected chi connectivity index (χ3v) is 3.14. The Morgan fingerprint density at radius 3 is 2.61 bits per heavy atom. The lowest BCUT2D eigenvalue weighted by Crippen LogP contribution is -2.36. The monoisotopic (exact) mass is 313 g/mol. The van der Waals surface area contributed by atoms with Gasteiger partial charge in [0.1, 0.15) is 6.54 Å². The third-order valence-electron chi connectivity index (χ3n) is 2.65. The van der Waals surface area contributed by atoms with Crippen molar-refractivity contribution in [1.29, 1.82) is 0 Å². The molecule has 0 aliphatic carbocycles. The lowest BCUT2D eigenvalue weighted by Gasteiger charge is -2.20. The fourth-order valence-corrected chi connectivity index (χ4v) is 1.90. The van der Waals surface area contributed by atoms with Crippen LogP contribution < -0.4 is 0 Å². The van der Waals surface area contributed by atoms with E-state index in [2.05, 4.69) is 20.7 Å². The topological polar surface area (TPSA) is 46.6 Å². The quantitative estimate of drug-likeness (QED) is 0.802. The van der Waals surface area contributed by atoms with Gasteiger partial charge in [-0.3, -0.25) is 9.59 Å². The maximum absolute atomic E-state index is 12.3. The molecule has 0 heterocycles. The molecule has 0 aromatic heterocycles. The lowest BCUT2D eigenvalue weighted by atomic mass is 10.1. The molecule has 5 heteroatoms. The second-order valence-electron chi connectivity index (χ2n) is 3.85. The Bertz CT molecular complexity index is 460. The van der Waals surface area contributed by atoms with Crippen LogP contribution in [-0.2, 0) is 9.53 Å². The second-order valence-corrected chi connectivity index (χ2v) is 4.77. The Kier molecular flexibility index (Phi) is 5.34. The molecule has 1 aromatic carbocycles.